The largest absolute Gasteiger partial charge is 0.278 e. The van der Waals surface area contributed by atoms with E-state index in [2.05, 4.69) is 37.6 Å². The van der Waals surface area contributed by atoms with E-state index in [1.54, 1.807) is 0 Å². The number of hydrogen-bond donors (Lipinski definition) is 1. The standard InChI is InChI=1S/C17H36N2/c1-5-9-13-17(18-14-10-6-2)19(15-11-7-3)16-12-8-4/h5-16H2,1-4H3/p+1. The fourth-order valence-electron chi connectivity index (χ4n) is 2.19. The van der Waals surface area contributed by atoms with Crippen molar-refractivity contribution in [3.8, 4) is 0 Å². The van der Waals surface area contributed by atoms with Crippen LogP contribution in [-0.4, -0.2) is 30.0 Å². The second kappa shape index (κ2) is 13.9. The number of nitrogens with zero attached hydrogens (tertiary/aromatic N) is 1. The molecule has 0 rings (SSSR count). The van der Waals surface area contributed by atoms with E-state index in [1.165, 1.54) is 76.7 Å². The van der Waals surface area contributed by atoms with Gasteiger partial charge in [-0.15, -0.1) is 0 Å². The topological polar surface area (TPSA) is 15.0 Å². The van der Waals surface area contributed by atoms with Gasteiger partial charge in [0.1, 0.15) is 0 Å². The van der Waals surface area contributed by atoms with Crippen molar-refractivity contribution in [3.05, 3.63) is 0 Å². The molecule has 0 atom stereocenters. The predicted octanol–water partition coefficient (Wildman–Crippen LogP) is 4.58. The molecule has 0 aliphatic carbocycles. The van der Waals surface area contributed by atoms with Crippen LogP contribution in [0.2, 0.25) is 0 Å². The minimum Gasteiger partial charge on any atom is -0.278 e. The highest BCUT2D eigenvalue weighted by molar-refractivity contribution is 5.77. The van der Waals surface area contributed by atoms with E-state index in [1.807, 2.05) is 0 Å². The Bertz CT molecular complexity index is 211. The lowest BCUT2D eigenvalue weighted by Crippen LogP contribution is -2.35. The fraction of sp³-hybridized carbons (Fsp3) is 0.941. The zero-order chi connectivity index (χ0) is 14.3. The van der Waals surface area contributed by atoms with Crippen molar-refractivity contribution < 1.29 is 4.58 Å². The second-order valence-electron chi connectivity index (χ2n) is 5.52. The number of rotatable bonds is 12. The van der Waals surface area contributed by atoms with E-state index in [-0.39, 0.29) is 0 Å². The van der Waals surface area contributed by atoms with Crippen LogP contribution in [0.15, 0.2) is 0 Å². The lowest BCUT2D eigenvalue weighted by Gasteiger charge is -2.13. The first-order chi connectivity index (χ1) is 9.29. The second-order valence-corrected chi connectivity index (χ2v) is 5.52. The number of hydrogen-bond acceptors (Lipinski definition) is 0. The lowest BCUT2D eigenvalue weighted by atomic mass is 10.2. The van der Waals surface area contributed by atoms with Gasteiger partial charge in [-0.05, 0) is 25.7 Å². The third-order valence-electron chi connectivity index (χ3n) is 3.57. The Kier molecular flexibility index (Phi) is 13.5. The zero-order valence-corrected chi connectivity index (χ0v) is 13.9. The van der Waals surface area contributed by atoms with E-state index in [0.29, 0.717) is 0 Å². The third kappa shape index (κ3) is 9.98. The quantitative estimate of drug-likeness (QED) is 0.237. The van der Waals surface area contributed by atoms with Crippen LogP contribution in [-0.2, 0) is 0 Å². The molecule has 0 aromatic rings. The van der Waals surface area contributed by atoms with E-state index < -0.39 is 0 Å². The Morgan fingerprint density at radius 2 is 1.26 bits per heavy atom. The summed E-state index contributed by atoms with van der Waals surface area (Å²) in [5, 5.41) is 3.72. The molecule has 0 heterocycles. The fourth-order valence-corrected chi connectivity index (χ4v) is 2.19. The molecule has 0 unspecified atom stereocenters. The van der Waals surface area contributed by atoms with Crippen molar-refractivity contribution in [2.24, 2.45) is 0 Å². The molecule has 0 aromatic carbocycles. The highest BCUT2D eigenvalue weighted by Crippen LogP contribution is 2.00. The summed E-state index contributed by atoms with van der Waals surface area (Å²) in [6.45, 7) is 12.7. The van der Waals surface area contributed by atoms with E-state index in [4.69, 9.17) is 0 Å². The summed E-state index contributed by atoms with van der Waals surface area (Å²) in [6, 6.07) is 0. The van der Waals surface area contributed by atoms with Crippen LogP contribution in [0.5, 0.6) is 0 Å². The van der Waals surface area contributed by atoms with Gasteiger partial charge >= 0.3 is 0 Å². The first-order valence-corrected chi connectivity index (χ1v) is 8.64. The van der Waals surface area contributed by atoms with Crippen LogP contribution >= 0.6 is 0 Å². The van der Waals surface area contributed by atoms with Gasteiger partial charge in [0.05, 0.1) is 19.6 Å². The van der Waals surface area contributed by atoms with Gasteiger partial charge in [-0.2, -0.15) is 0 Å². The van der Waals surface area contributed by atoms with Gasteiger partial charge < -0.3 is 0 Å². The molecule has 0 aromatic heterocycles. The number of nitrogens with one attached hydrogen (secondary N) is 1. The summed E-state index contributed by atoms with van der Waals surface area (Å²) in [7, 11) is 0. The number of unbranched alkanes of at least 4 members (excludes halogenated alkanes) is 4. The summed E-state index contributed by atoms with van der Waals surface area (Å²) in [4.78, 5) is 0. The van der Waals surface area contributed by atoms with Crippen molar-refractivity contribution in [1.29, 1.82) is 0 Å². The maximum atomic E-state index is 3.72. The van der Waals surface area contributed by atoms with Gasteiger partial charge in [0.25, 0.3) is 0 Å². The SMILES string of the molecule is CCCCNC(CCCC)=[N+](CCCC)CCCC. The molecule has 0 radical (unpaired) electrons. The molecular weight excluding hydrogens is 232 g/mol. The summed E-state index contributed by atoms with van der Waals surface area (Å²) in [5.74, 6) is 1.51. The minimum atomic E-state index is 1.14. The maximum absolute atomic E-state index is 3.72. The van der Waals surface area contributed by atoms with Crippen LogP contribution in [0.25, 0.3) is 0 Å². The average Bonchev–Trinajstić information content (AvgIpc) is 2.43. The summed E-state index contributed by atoms with van der Waals surface area (Å²) < 4.78 is 2.62. The molecule has 0 saturated heterocycles. The van der Waals surface area contributed by atoms with Gasteiger partial charge in [0.2, 0.25) is 5.84 Å². The Labute approximate surface area is 121 Å². The Hall–Kier alpha value is -0.530. The van der Waals surface area contributed by atoms with Gasteiger partial charge in [0.15, 0.2) is 0 Å². The van der Waals surface area contributed by atoms with E-state index in [9.17, 15) is 0 Å². The molecule has 0 amide bonds. The van der Waals surface area contributed by atoms with Gasteiger partial charge in [-0.1, -0.05) is 53.4 Å². The lowest BCUT2D eigenvalue weighted by molar-refractivity contribution is -0.532. The molecular formula is C17H37N2+. The molecule has 0 aliphatic rings. The van der Waals surface area contributed by atoms with E-state index in [0.717, 1.165) is 6.54 Å². The van der Waals surface area contributed by atoms with Crippen molar-refractivity contribution >= 4 is 5.84 Å². The Morgan fingerprint density at radius 1 is 0.737 bits per heavy atom. The molecule has 0 fully saturated rings. The van der Waals surface area contributed by atoms with Crippen LogP contribution < -0.4 is 5.32 Å². The molecule has 2 nitrogen and oxygen atoms in total. The molecule has 0 spiro atoms. The summed E-state index contributed by atoms with van der Waals surface area (Å²) in [6.07, 6.45) is 11.6. The molecule has 0 aliphatic heterocycles. The molecule has 114 valence electrons. The predicted molar refractivity (Wildman–Crippen MR) is 87.3 cm³/mol. The Morgan fingerprint density at radius 3 is 1.74 bits per heavy atom. The summed E-state index contributed by atoms with van der Waals surface area (Å²) in [5.41, 5.74) is 0. The zero-order valence-electron chi connectivity index (χ0n) is 13.9. The van der Waals surface area contributed by atoms with Crippen molar-refractivity contribution in [2.45, 2.75) is 85.5 Å². The monoisotopic (exact) mass is 269 g/mol. The first kappa shape index (κ1) is 18.5. The molecule has 0 saturated carbocycles. The highest BCUT2D eigenvalue weighted by Gasteiger charge is 2.12. The van der Waals surface area contributed by atoms with Crippen LogP contribution in [0.1, 0.15) is 85.5 Å². The van der Waals surface area contributed by atoms with Gasteiger partial charge in [-0.3, -0.25) is 9.89 Å². The number of amidine groups is 1. The molecule has 2 heteroatoms. The van der Waals surface area contributed by atoms with E-state index >= 15 is 0 Å². The van der Waals surface area contributed by atoms with Gasteiger partial charge in [0, 0.05) is 6.42 Å². The Balaban J connectivity index is 4.60. The summed E-state index contributed by atoms with van der Waals surface area (Å²) >= 11 is 0. The normalized spacial score (nSPS) is 10.5. The molecule has 0 bridgehead atoms. The third-order valence-corrected chi connectivity index (χ3v) is 3.57. The average molecular weight is 269 g/mol. The van der Waals surface area contributed by atoms with Crippen LogP contribution in [0.3, 0.4) is 0 Å². The first-order valence-electron chi connectivity index (χ1n) is 8.64. The molecule has 19 heavy (non-hydrogen) atoms. The van der Waals surface area contributed by atoms with Gasteiger partial charge in [-0.25, -0.2) is 0 Å². The van der Waals surface area contributed by atoms with Crippen LogP contribution in [0, 0.1) is 0 Å². The maximum Gasteiger partial charge on any atom is 0.244 e. The molecule has 1 N–H and O–H groups in total. The van der Waals surface area contributed by atoms with Crippen molar-refractivity contribution in [1.82, 2.24) is 5.32 Å². The highest BCUT2D eigenvalue weighted by atomic mass is 15.1. The van der Waals surface area contributed by atoms with Crippen molar-refractivity contribution in [3.63, 3.8) is 0 Å². The minimum absolute atomic E-state index is 1.14. The smallest absolute Gasteiger partial charge is 0.244 e. The van der Waals surface area contributed by atoms with Crippen molar-refractivity contribution in [2.75, 3.05) is 19.6 Å². The van der Waals surface area contributed by atoms with Crippen LogP contribution in [0.4, 0.5) is 0 Å².